The molecular weight excluding hydrogens is 644 g/mol. The maximum atomic E-state index is 14.4. The highest BCUT2D eigenvalue weighted by Gasteiger charge is 2.42. The smallest absolute Gasteiger partial charge is 0.348 e. The zero-order valence-corrected chi connectivity index (χ0v) is 28.7. The number of thiophene rings is 1. The lowest BCUT2D eigenvalue weighted by Crippen LogP contribution is -2.62. The first-order valence-electron chi connectivity index (χ1n) is 15.6. The molecule has 1 aromatic heterocycles. The second-order valence-electron chi connectivity index (χ2n) is 11.9. The molecule has 11 nitrogen and oxygen atoms in total. The number of piperidine rings is 1. The first-order chi connectivity index (χ1) is 22.4. The highest BCUT2D eigenvalue weighted by molar-refractivity contribution is 7.18. The van der Waals surface area contributed by atoms with Gasteiger partial charge in [0.05, 0.1) is 45.0 Å². The van der Waals surface area contributed by atoms with Crippen LogP contribution in [0.25, 0.3) is 0 Å². The Hall–Kier alpha value is -4.13. The third-order valence-corrected chi connectivity index (χ3v) is 9.77. The van der Waals surface area contributed by atoms with E-state index in [2.05, 4.69) is 12.4 Å². The summed E-state index contributed by atoms with van der Waals surface area (Å²) in [6, 6.07) is 11.9. The quantitative estimate of drug-likeness (QED) is 0.168. The summed E-state index contributed by atoms with van der Waals surface area (Å²) >= 11 is 7.04. The van der Waals surface area contributed by atoms with Crippen molar-refractivity contribution in [3.63, 3.8) is 0 Å². The fourth-order valence-corrected chi connectivity index (χ4v) is 7.36. The first kappa shape index (κ1) is 35.7. The van der Waals surface area contributed by atoms with Gasteiger partial charge in [0.1, 0.15) is 28.2 Å². The number of carbonyl (C=O) groups is 4. The molecule has 2 heterocycles. The number of anilines is 1. The number of benzene rings is 2. The molecule has 1 fully saturated rings. The number of phenolic OH excluding ortho intramolecular Hbond substituents is 1. The Morgan fingerprint density at radius 2 is 1.66 bits per heavy atom. The van der Waals surface area contributed by atoms with Gasteiger partial charge in [-0.2, -0.15) is 0 Å². The van der Waals surface area contributed by atoms with E-state index in [0.717, 1.165) is 29.9 Å². The van der Waals surface area contributed by atoms with Gasteiger partial charge >= 0.3 is 18.0 Å². The molecule has 0 radical (unpaired) electrons. The average Bonchev–Trinajstić information content (AvgIpc) is 3.34. The van der Waals surface area contributed by atoms with Gasteiger partial charge < -0.3 is 29.7 Å². The van der Waals surface area contributed by atoms with Crippen molar-refractivity contribution < 1.29 is 38.2 Å². The summed E-state index contributed by atoms with van der Waals surface area (Å²) in [5.41, 5.74) is 8.18. The Bertz CT molecular complexity index is 1590. The lowest BCUT2D eigenvalue weighted by Gasteiger charge is -2.46. The monoisotopic (exact) mass is 685 g/mol. The number of nitrogens with zero attached hydrogens (tertiary/aromatic N) is 2. The number of hydrogen-bond acceptors (Lipinski definition) is 8. The Morgan fingerprint density at radius 1 is 1.04 bits per heavy atom. The SMILES string of the molecule is CCOC(=O)c1sc(NC(=O)N([C@@H]2CCC[N+](C)(Cc3ccc(Cl)cc3)C2)[C@@H](Cc2ccc(O)cc2)C(N)=O)c(C(=O)OCC)c1C. The van der Waals surface area contributed by atoms with Gasteiger partial charge in [0.25, 0.3) is 0 Å². The molecule has 4 rings (SSSR count). The molecule has 3 aromatic rings. The number of urea groups is 1. The summed E-state index contributed by atoms with van der Waals surface area (Å²) in [6.45, 7) is 7.22. The fraction of sp³-hybridized carbons (Fsp3) is 0.412. The molecule has 0 spiro atoms. The van der Waals surface area contributed by atoms with Crippen LogP contribution in [-0.2, 0) is 27.2 Å². The Balaban J connectivity index is 1.74. The van der Waals surface area contributed by atoms with Crippen LogP contribution in [0.2, 0.25) is 5.02 Å². The number of ether oxygens (including phenoxy) is 2. The number of phenols is 1. The molecule has 3 amide bonds. The van der Waals surface area contributed by atoms with E-state index in [-0.39, 0.29) is 40.8 Å². The number of quaternary nitrogens is 1. The normalized spacial score (nSPS) is 18.2. The Morgan fingerprint density at radius 3 is 2.28 bits per heavy atom. The lowest BCUT2D eigenvalue weighted by atomic mass is 9.96. The predicted octanol–water partition coefficient (Wildman–Crippen LogP) is 5.51. The molecule has 2 aromatic carbocycles. The average molecular weight is 686 g/mol. The summed E-state index contributed by atoms with van der Waals surface area (Å²) in [5.74, 6) is -1.95. The van der Waals surface area contributed by atoms with Gasteiger partial charge in [0.2, 0.25) is 5.91 Å². The summed E-state index contributed by atoms with van der Waals surface area (Å²) in [4.78, 5) is 55.1. The summed E-state index contributed by atoms with van der Waals surface area (Å²) in [7, 11) is 2.11. The predicted molar refractivity (Wildman–Crippen MR) is 181 cm³/mol. The second-order valence-corrected chi connectivity index (χ2v) is 13.4. The highest BCUT2D eigenvalue weighted by atomic mass is 35.5. The third kappa shape index (κ3) is 8.82. The molecule has 252 valence electrons. The van der Waals surface area contributed by atoms with Crippen LogP contribution in [0.15, 0.2) is 48.5 Å². The molecule has 47 heavy (non-hydrogen) atoms. The van der Waals surface area contributed by atoms with Gasteiger partial charge in [-0.05, 0) is 69.0 Å². The number of aromatic hydroxyl groups is 1. The zero-order chi connectivity index (χ0) is 34.3. The molecule has 1 saturated heterocycles. The maximum Gasteiger partial charge on any atom is 0.348 e. The lowest BCUT2D eigenvalue weighted by molar-refractivity contribution is -0.928. The summed E-state index contributed by atoms with van der Waals surface area (Å²) in [6.07, 6.45) is 1.49. The number of nitrogens with two attached hydrogens (primary N) is 1. The highest BCUT2D eigenvalue weighted by Crippen LogP contribution is 2.35. The van der Waals surface area contributed by atoms with Crippen LogP contribution in [0.5, 0.6) is 5.75 Å². The van der Waals surface area contributed by atoms with Crippen LogP contribution in [-0.4, -0.2) is 83.8 Å². The number of hydrogen-bond donors (Lipinski definition) is 3. The summed E-state index contributed by atoms with van der Waals surface area (Å²) in [5, 5.41) is 13.4. The van der Waals surface area contributed by atoms with Crippen LogP contribution >= 0.6 is 22.9 Å². The van der Waals surface area contributed by atoms with Gasteiger partial charge in [-0.25, -0.2) is 14.4 Å². The topological polar surface area (TPSA) is 148 Å². The second kappa shape index (κ2) is 15.6. The molecule has 1 aliphatic rings. The Labute approximate surface area is 283 Å². The van der Waals surface area contributed by atoms with Gasteiger partial charge in [-0.15, -0.1) is 11.3 Å². The minimum absolute atomic E-state index is 0.0503. The van der Waals surface area contributed by atoms with E-state index in [1.54, 1.807) is 32.9 Å². The zero-order valence-electron chi connectivity index (χ0n) is 27.1. The largest absolute Gasteiger partial charge is 0.508 e. The van der Waals surface area contributed by atoms with Crippen LogP contribution in [0.1, 0.15) is 63.4 Å². The van der Waals surface area contributed by atoms with E-state index in [9.17, 15) is 24.3 Å². The van der Waals surface area contributed by atoms with E-state index < -0.39 is 36.0 Å². The standard InChI is InChI=1S/C34H41ClN4O7S/c1-5-45-32(42)28-21(3)29(33(43)46-6-2)47-31(28)37-34(44)38(27(30(36)41)18-22-11-15-26(40)16-12-22)25-8-7-17-39(4,20-25)19-23-9-13-24(35)14-10-23/h9-16,25,27H,5-8,17-20H2,1-4H3,(H3-,36,37,40,41,42,43,44)/p+1/t25-,27+,39?/m1/s1. The molecule has 1 unspecified atom stereocenters. The van der Waals surface area contributed by atoms with Gasteiger partial charge in [-0.3, -0.25) is 10.1 Å². The molecule has 0 saturated carbocycles. The number of carbonyl (C=O) groups excluding carboxylic acids is 4. The molecule has 4 N–H and O–H groups in total. The molecule has 0 bridgehead atoms. The summed E-state index contributed by atoms with van der Waals surface area (Å²) < 4.78 is 11.1. The van der Waals surface area contributed by atoms with Crippen molar-refractivity contribution in [2.45, 2.75) is 58.7 Å². The Kier molecular flexibility index (Phi) is 11.9. The van der Waals surface area contributed by atoms with Crippen molar-refractivity contribution in [3.8, 4) is 5.75 Å². The van der Waals surface area contributed by atoms with Crippen molar-refractivity contribution in [3.05, 3.63) is 80.7 Å². The molecular formula is C34H42ClN4O7S+. The first-order valence-corrected chi connectivity index (χ1v) is 16.8. The van der Waals surface area contributed by atoms with E-state index in [4.69, 9.17) is 26.8 Å². The molecule has 0 aliphatic carbocycles. The van der Waals surface area contributed by atoms with Crippen molar-refractivity contribution in [1.82, 2.24) is 4.90 Å². The van der Waals surface area contributed by atoms with Crippen molar-refractivity contribution in [2.75, 3.05) is 38.7 Å². The van der Waals surface area contributed by atoms with Crippen LogP contribution < -0.4 is 11.1 Å². The number of esters is 2. The van der Waals surface area contributed by atoms with Crippen LogP contribution in [0.4, 0.5) is 9.80 Å². The van der Waals surface area contributed by atoms with Crippen molar-refractivity contribution in [2.24, 2.45) is 5.73 Å². The molecule has 3 atom stereocenters. The van der Waals surface area contributed by atoms with E-state index in [1.807, 2.05) is 24.3 Å². The maximum absolute atomic E-state index is 14.4. The van der Waals surface area contributed by atoms with E-state index in [0.29, 0.717) is 40.1 Å². The van der Waals surface area contributed by atoms with Gasteiger partial charge in [0, 0.05) is 17.0 Å². The molecule has 13 heteroatoms. The van der Waals surface area contributed by atoms with Gasteiger partial charge in [-0.1, -0.05) is 35.9 Å². The number of likely N-dealkylation sites (tertiary alicyclic amines) is 1. The van der Waals surface area contributed by atoms with Crippen LogP contribution in [0, 0.1) is 6.92 Å². The van der Waals surface area contributed by atoms with E-state index in [1.165, 1.54) is 17.0 Å². The third-order valence-electron chi connectivity index (χ3n) is 8.33. The number of primary amides is 1. The molecule has 1 aliphatic heterocycles. The van der Waals surface area contributed by atoms with Gasteiger partial charge in [0.15, 0.2) is 0 Å². The minimum atomic E-state index is -1.07. The van der Waals surface area contributed by atoms with E-state index >= 15 is 0 Å². The fourth-order valence-electron chi connectivity index (χ4n) is 6.16. The number of rotatable bonds is 12. The number of likely N-dealkylation sites (N-methyl/N-ethyl adjacent to an activating group) is 1. The minimum Gasteiger partial charge on any atom is -0.508 e. The van der Waals surface area contributed by atoms with Crippen LogP contribution in [0.3, 0.4) is 0 Å². The number of nitrogens with one attached hydrogen (secondary N) is 1. The van der Waals surface area contributed by atoms with Crippen molar-refractivity contribution >= 4 is 51.8 Å². The number of halogens is 1. The number of amides is 3. The van der Waals surface area contributed by atoms with Crippen molar-refractivity contribution in [1.29, 1.82) is 0 Å².